The molecule has 1 heterocycles. The lowest BCUT2D eigenvalue weighted by atomic mass is 10.1. The fourth-order valence-corrected chi connectivity index (χ4v) is 2.20. The summed E-state index contributed by atoms with van der Waals surface area (Å²) in [6.07, 6.45) is 0. The first kappa shape index (κ1) is 13.1. The van der Waals surface area contributed by atoms with Gasteiger partial charge in [-0.1, -0.05) is 6.07 Å². The number of hydrogen-bond donors (Lipinski definition) is 1. The van der Waals surface area contributed by atoms with Gasteiger partial charge in [-0.15, -0.1) is 0 Å². The van der Waals surface area contributed by atoms with E-state index in [1.807, 2.05) is 39.8 Å². The van der Waals surface area contributed by atoms with Crippen LogP contribution in [0.3, 0.4) is 0 Å². The Balaban J connectivity index is 2.39. The van der Waals surface area contributed by atoms with E-state index in [9.17, 15) is 4.79 Å². The Morgan fingerprint density at radius 3 is 2.61 bits per heavy atom. The van der Waals surface area contributed by atoms with Crippen molar-refractivity contribution in [1.29, 1.82) is 0 Å². The molecule has 1 aromatic heterocycles. The molecule has 0 saturated heterocycles. The Morgan fingerprint density at radius 2 is 2.00 bits per heavy atom. The summed E-state index contributed by atoms with van der Waals surface area (Å²) < 4.78 is 6.29. The van der Waals surface area contributed by atoms with Crippen LogP contribution in [-0.2, 0) is 4.74 Å². The molecule has 2 rings (SSSR count). The molecule has 4 heteroatoms. The Labute approximate surface area is 115 Å². The molecule has 0 unspecified atom stereocenters. The van der Waals surface area contributed by atoms with Crippen LogP contribution in [-0.4, -0.2) is 16.6 Å². The van der Waals surface area contributed by atoms with Crippen molar-refractivity contribution in [3.05, 3.63) is 33.9 Å². The SMILES string of the molecule is Cc1c(Br)[nH]c2cc(C(=O)OC(C)(C)C)ccc12. The molecule has 96 valence electrons. The van der Waals surface area contributed by atoms with Crippen LogP contribution in [0.2, 0.25) is 0 Å². The number of esters is 1. The number of H-pyrrole nitrogens is 1. The van der Waals surface area contributed by atoms with Gasteiger partial charge >= 0.3 is 5.97 Å². The summed E-state index contributed by atoms with van der Waals surface area (Å²) >= 11 is 3.45. The van der Waals surface area contributed by atoms with Gasteiger partial charge in [-0.05, 0) is 61.3 Å². The molecule has 0 fully saturated rings. The van der Waals surface area contributed by atoms with Crippen LogP contribution in [0.4, 0.5) is 0 Å². The number of carbonyl (C=O) groups excluding carboxylic acids is 1. The van der Waals surface area contributed by atoms with Crippen molar-refractivity contribution in [2.45, 2.75) is 33.3 Å². The Bertz CT molecular complexity index is 608. The number of halogens is 1. The number of fused-ring (bicyclic) bond motifs is 1. The van der Waals surface area contributed by atoms with Gasteiger partial charge in [0.1, 0.15) is 5.60 Å². The van der Waals surface area contributed by atoms with Crippen LogP contribution >= 0.6 is 15.9 Å². The molecule has 0 aliphatic rings. The molecule has 0 saturated carbocycles. The van der Waals surface area contributed by atoms with Crippen LogP contribution in [0.5, 0.6) is 0 Å². The Kier molecular flexibility index (Phi) is 3.23. The lowest BCUT2D eigenvalue weighted by Crippen LogP contribution is -2.23. The highest BCUT2D eigenvalue weighted by molar-refractivity contribution is 9.10. The average Bonchev–Trinajstić information content (AvgIpc) is 2.52. The maximum atomic E-state index is 11.9. The van der Waals surface area contributed by atoms with Crippen molar-refractivity contribution >= 4 is 32.8 Å². The minimum Gasteiger partial charge on any atom is -0.456 e. The van der Waals surface area contributed by atoms with Gasteiger partial charge < -0.3 is 9.72 Å². The van der Waals surface area contributed by atoms with Crippen LogP contribution in [0, 0.1) is 6.92 Å². The average molecular weight is 310 g/mol. The minimum atomic E-state index is -0.474. The molecule has 18 heavy (non-hydrogen) atoms. The fraction of sp³-hybridized carbons (Fsp3) is 0.357. The van der Waals surface area contributed by atoms with Gasteiger partial charge in [0.05, 0.1) is 10.2 Å². The van der Waals surface area contributed by atoms with Gasteiger partial charge in [0.2, 0.25) is 0 Å². The number of aromatic nitrogens is 1. The third-order valence-corrected chi connectivity index (χ3v) is 3.42. The van der Waals surface area contributed by atoms with Crippen molar-refractivity contribution in [1.82, 2.24) is 4.98 Å². The molecule has 0 amide bonds. The van der Waals surface area contributed by atoms with Crippen LogP contribution in [0.1, 0.15) is 36.7 Å². The molecule has 0 aliphatic heterocycles. The van der Waals surface area contributed by atoms with E-state index in [-0.39, 0.29) is 5.97 Å². The lowest BCUT2D eigenvalue weighted by molar-refractivity contribution is 0.00697. The van der Waals surface area contributed by atoms with Crippen molar-refractivity contribution in [2.24, 2.45) is 0 Å². The summed E-state index contributed by atoms with van der Waals surface area (Å²) in [4.78, 5) is 15.1. The predicted octanol–water partition coefficient (Wildman–Crippen LogP) is 4.19. The van der Waals surface area contributed by atoms with Crippen molar-refractivity contribution in [3.63, 3.8) is 0 Å². The van der Waals surface area contributed by atoms with Gasteiger partial charge in [0.25, 0.3) is 0 Å². The van der Waals surface area contributed by atoms with Crippen LogP contribution < -0.4 is 0 Å². The molecule has 1 N–H and O–H groups in total. The number of ether oxygens (including phenoxy) is 1. The third-order valence-electron chi connectivity index (χ3n) is 2.63. The van der Waals surface area contributed by atoms with Crippen molar-refractivity contribution < 1.29 is 9.53 Å². The van der Waals surface area contributed by atoms with E-state index in [0.29, 0.717) is 5.56 Å². The highest BCUT2D eigenvalue weighted by Gasteiger charge is 2.18. The lowest BCUT2D eigenvalue weighted by Gasteiger charge is -2.19. The monoisotopic (exact) mass is 309 g/mol. The fourth-order valence-electron chi connectivity index (χ4n) is 1.77. The van der Waals surface area contributed by atoms with Gasteiger partial charge in [-0.3, -0.25) is 0 Å². The van der Waals surface area contributed by atoms with Gasteiger partial charge in [-0.25, -0.2) is 4.79 Å². The topological polar surface area (TPSA) is 42.1 Å². The summed E-state index contributed by atoms with van der Waals surface area (Å²) in [5.74, 6) is -0.298. The Hall–Kier alpha value is -1.29. The highest BCUT2D eigenvalue weighted by Crippen LogP contribution is 2.26. The molecular weight excluding hydrogens is 294 g/mol. The summed E-state index contributed by atoms with van der Waals surface area (Å²) in [6.45, 7) is 7.60. The zero-order valence-electron chi connectivity index (χ0n) is 10.9. The maximum absolute atomic E-state index is 11.9. The van der Waals surface area contributed by atoms with E-state index >= 15 is 0 Å². The second kappa shape index (κ2) is 4.43. The number of aryl methyl sites for hydroxylation is 1. The summed E-state index contributed by atoms with van der Waals surface area (Å²) in [7, 11) is 0. The van der Waals surface area contributed by atoms with Crippen LogP contribution in [0.25, 0.3) is 10.9 Å². The van der Waals surface area contributed by atoms with E-state index in [1.54, 1.807) is 6.07 Å². The predicted molar refractivity (Wildman–Crippen MR) is 75.9 cm³/mol. The maximum Gasteiger partial charge on any atom is 0.338 e. The van der Waals surface area contributed by atoms with Crippen LogP contribution in [0.15, 0.2) is 22.8 Å². The number of benzene rings is 1. The van der Waals surface area contributed by atoms with Gasteiger partial charge in [0.15, 0.2) is 0 Å². The molecule has 0 aliphatic carbocycles. The molecule has 3 nitrogen and oxygen atoms in total. The second-order valence-corrected chi connectivity index (χ2v) is 6.12. The number of aromatic amines is 1. The first-order valence-corrected chi connectivity index (χ1v) is 6.58. The number of hydrogen-bond acceptors (Lipinski definition) is 2. The summed E-state index contributed by atoms with van der Waals surface area (Å²) in [5, 5.41) is 1.11. The minimum absolute atomic E-state index is 0.298. The summed E-state index contributed by atoms with van der Waals surface area (Å²) in [6, 6.07) is 5.55. The quantitative estimate of drug-likeness (QED) is 0.802. The van der Waals surface area contributed by atoms with E-state index in [1.165, 1.54) is 0 Å². The number of carbonyl (C=O) groups is 1. The molecule has 0 atom stereocenters. The second-order valence-electron chi connectivity index (χ2n) is 5.33. The van der Waals surface area contributed by atoms with Crippen molar-refractivity contribution in [2.75, 3.05) is 0 Å². The van der Waals surface area contributed by atoms with Gasteiger partial charge in [-0.2, -0.15) is 0 Å². The first-order chi connectivity index (χ1) is 8.28. The zero-order valence-corrected chi connectivity index (χ0v) is 12.5. The molecule has 0 bridgehead atoms. The van der Waals surface area contributed by atoms with Crippen molar-refractivity contribution in [3.8, 4) is 0 Å². The number of rotatable bonds is 1. The zero-order chi connectivity index (χ0) is 13.5. The highest BCUT2D eigenvalue weighted by atomic mass is 79.9. The molecule has 0 spiro atoms. The molecule has 2 aromatic rings. The molecular formula is C14H16BrNO2. The largest absolute Gasteiger partial charge is 0.456 e. The third kappa shape index (κ3) is 2.58. The Morgan fingerprint density at radius 1 is 1.33 bits per heavy atom. The standard InChI is InChI=1S/C14H16BrNO2/c1-8-10-6-5-9(7-11(10)16-12(8)15)13(17)18-14(2,3)4/h5-7,16H,1-4H3. The van der Waals surface area contributed by atoms with Gasteiger partial charge in [0, 0.05) is 10.9 Å². The summed E-state index contributed by atoms with van der Waals surface area (Å²) in [5.41, 5.74) is 2.16. The van der Waals surface area contributed by atoms with E-state index in [0.717, 1.165) is 21.1 Å². The molecule has 0 radical (unpaired) electrons. The normalized spacial score (nSPS) is 11.8. The molecule has 1 aromatic carbocycles. The van der Waals surface area contributed by atoms with E-state index in [4.69, 9.17) is 4.74 Å². The number of nitrogens with one attached hydrogen (secondary N) is 1. The first-order valence-electron chi connectivity index (χ1n) is 5.79. The van der Waals surface area contributed by atoms with E-state index in [2.05, 4.69) is 20.9 Å². The van der Waals surface area contributed by atoms with E-state index < -0.39 is 5.60 Å². The smallest absolute Gasteiger partial charge is 0.338 e.